The molecule has 3 aromatic carbocycles. The van der Waals surface area contributed by atoms with Gasteiger partial charge in [-0.05, 0) is 66.4 Å². The van der Waals surface area contributed by atoms with Gasteiger partial charge >= 0.3 is 0 Å². The van der Waals surface area contributed by atoms with Gasteiger partial charge in [-0.2, -0.15) is 0 Å². The normalized spacial score (nSPS) is 14.1. The number of carbonyl (C=O) groups is 1. The Morgan fingerprint density at radius 1 is 0.935 bits per heavy atom. The van der Waals surface area contributed by atoms with Crippen LogP contribution in [0.3, 0.4) is 0 Å². The van der Waals surface area contributed by atoms with Crippen molar-refractivity contribution in [2.24, 2.45) is 0 Å². The number of amides is 1. The molecule has 1 aromatic heterocycles. The standard InChI is InChI=1S/C25H22FN3OS/c26-19-11-14-22-23(15-19)31-25(29-22)28-21-12-9-17(10-13-21)16-5-7-18(8-6-16)24(30)27-20-3-1-2-4-20/h5-15,20H,1-4H2,(H,27,30)(H,28,29). The minimum atomic E-state index is -0.255. The number of nitrogens with zero attached hydrogens (tertiary/aromatic N) is 1. The molecule has 0 bridgehead atoms. The maximum absolute atomic E-state index is 13.4. The minimum absolute atomic E-state index is 0.00807. The zero-order valence-electron chi connectivity index (χ0n) is 16.9. The van der Waals surface area contributed by atoms with Gasteiger partial charge in [0.05, 0.1) is 10.2 Å². The van der Waals surface area contributed by atoms with Crippen molar-refractivity contribution in [3.8, 4) is 11.1 Å². The van der Waals surface area contributed by atoms with E-state index in [4.69, 9.17) is 0 Å². The van der Waals surface area contributed by atoms with Crippen molar-refractivity contribution < 1.29 is 9.18 Å². The lowest BCUT2D eigenvalue weighted by Gasteiger charge is -2.12. The Bertz CT molecular complexity index is 1210. The number of benzene rings is 3. The lowest BCUT2D eigenvalue weighted by atomic mass is 10.0. The third-order valence-electron chi connectivity index (χ3n) is 5.66. The molecule has 0 unspecified atom stereocenters. The third-order valence-corrected chi connectivity index (χ3v) is 6.59. The molecule has 1 aliphatic rings. The first-order valence-electron chi connectivity index (χ1n) is 10.5. The van der Waals surface area contributed by atoms with E-state index >= 15 is 0 Å². The van der Waals surface area contributed by atoms with Gasteiger partial charge in [-0.3, -0.25) is 4.79 Å². The summed E-state index contributed by atoms with van der Waals surface area (Å²) in [6.45, 7) is 0. The molecule has 1 fully saturated rings. The van der Waals surface area contributed by atoms with Crippen LogP contribution in [0.25, 0.3) is 21.3 Å². The fraction of sp³-hybridized carbons (Fsp3) is 0.200. The van der Waals surface area contributed by atoms with E-state index in [-0.39, 0.29) is 11.7 Å². The van der Waals surface area contributed by atoms with Crippen LogP contribution >= 0.6 is 11.3 Å². The van der Waals surface area contributed by atoms with Crippen LogP contribution in [0, 0.1) is 5.82 Å². The summed E-state index contributed by atoms with van der Waals surface area (Å²) in [5, 5.41) is 7.13. The molecule has 0 saturated heterocycles. The fourth-order valence-electron chi connectivity index (χ4n) is 3.97. The lowest BCUT2D eigenvalue weighted by molar-refractivity contribution is 0.0938. The Kier molecular flexibility index (Phi) is 5.38. The number of halogens is 1. The van der Waals surface area contributed by atoms with Crippen molar-refractivity contribution in [2.75, 3.05) is 5.32 Å². The van der Waals surface area contributed by atoms with E-state index < -0.39 is 0 Å². The quantitative estimate of drug-likeness (QED) is 0.378. The van der Waals surface area contributed by atoms with Crippen LogP contribution < -0.4 is 10.6 Å². The Balaban J connectivity index is 1.26. The van der Waals surface area contributed by atoms with E-state index in [1.165, 1.54) is 36.3 Å². The largest absolute Gasteiger partial charge is 0.349 e. The van der Waals surface area contributed by atoms with Crippen LogP contribution in [-0.2, 0) is 0 Å². The number of nitrogens with one attached hydrogen (secondary N) is 2. The number of fused-ring (bicyclic) bond motifs is 1. The molecule has 2 N–H and O–H groups in total. The summed E-state index contributed by atoms with van der Waals surface area (Å²) in [4.78, 5) is 16.9. The summed E-state index contributed by atoms with van der Waals surface area (Å²) in [7, 11) is 0. The van der Waals surface area contributed by atoms with Gasteiger partial charge in [-0.1, -0.05) is 48.4 Å². The molecule has 156 valence electrons. The highest BCUT2D eigenvalue weighted by molar-refractivity contribution is 7.22. The monoisotopic (exact) mass is 431 g/mol. The topological polar surface area (TPSA) is 54.0 Å². The molecule has 5 rings (SSSR count). The molecule has 4 aromatic rings. The van der Waals surface area contributed by atoms with Crippen LogP contribution in [0.15, 0.2) is 66.7 Å². The van der Waals surface area contributed by atoms with Gasteiger partial charge in [-0.25, -0.2) is 9.37 Å². The van der Waals surface area contributed by atoms with E-state index in [0.29, 0.717) is 11.6 Å². The van der Waals surface area contributed by atoms with Gasteiger partial charge < -0.3 is 10.6 Å². The van der Waals surface area contributed by atoms with Gasteiger partial charge in [0.15, 0.2) is 5.13 Å². The summed E-state index contributed by atoms with van der Waals surface area (Å²) >= 11 is 1.42. The predicted octanol–water partition coefficient (Wildman–Crippen LogP) is 6.52. The summed E-state index contributed by atoms with van der Waals surface area (Å²) in [5.74, 6) is -0.247. The second-order valence-electron chi connectivity index (χ2n) is 7.87. The average molecular weight is 432 g/mol. The third kappa shape index (κ3) is 4.44. The molecule has 1 heterocycles. The molecule has 0 aliphatic heterocycles. The number of carbonyl (C=O) groups excluding carboxylic acids is 1. The number of anilines is 2. The van der Waals surface area contributed by atoms with Crippen molar-refractivity contribution in [1.82, 2.24) is 10.3 Å². The van der Waals surface area contributed by atoms with Crippen molar-refractivity contribution in [3.63, 3.8) is 0 Å². The van der Waals surface area contributed by atoms with Crippen molar-refractivity contribution in [3.05, 3.63) is 78.1 Å². The highest BCUT2D eigenvalue weighted by Crippen LogP contribution is 2.30. The Morgan fingerprint density at radius 2 is 1.61 bits per heavy atom. The van der Waals surface area contributed by atoms with Crippen molar-refractivity contribution >= 4 is 38.3 Å². The summed E-state index contributed by atoms with van der Waals surface area (Å²) in [6, 6.07) is 20.7. The van der Waals surface area contributed by atoms with Crippen LogP contribution in [0.2, 0.25) is 0 Å². The van der Waals surface area contributed by atoms with Gasteiger partial charge in [0, 0.05) is 17.3 Å². The molecule has 0 radical (unpaired) electrons. The number of rotatable bonds is 5. The molecular weight excluding hydrogens is 409 g/mol. The summed E-state index contributed by atoms with van der Waals surface area (Å²) in [6.07, 6.45) is 4.56. The highest BCUT2D eigenvalue weighted by atomic mass is 32.1. The molecule has 31 heavy (non-hydrogen) atoms. The van der Waals surface area contributed by atoms with Gasteiger partial charge in [-0.15, -0.1) is 0 Å². The Morgan fingerprint density at radius 3 is 2.32 bits per heavy atom. The fourth-order valence-corrected chi connectivity index (χ4v) is 4.89. The maximum atomic E-state index is 13.4. The molecule has 0 atom stereocenters. The lowest BCUT2D eigenvalue weighted by Crippen LogP contribution is -2.32. The number of hydrogen-bond acceptors (Lipinski definition) is 4. The van der Waals surface area contributed by atoms with Crippen LogP contribution in [0.4, 0.5) is 15.2 Å². The predicted molar refractivity (Wildman–Crippen MR) is 124 cm³/mol. The number of hydrogen-bond donors (Lipinski definition) is 2. The van der Waals surface area contributed by atoms with Crippen molar-refractivity contribution in [2.45, 2.75) is 31.7 Å². The first-order chi connectivity index (χ1) is 15.1. The zero-order chi connectivity index (χ0) is 21.2. The van der Waals surface area contributed by atoms with Crippen LogP contribution in [0.1, 0.15) is 36.0 Å². The molecule has 4 nitrogen and oxygen atoms in total. The summed E-state index contributed by atoms with van der Waals surface area (Å²) < 4.78 is 14.2. The van der Waals surface area contributed by atoms with Crippen LogP contribution in [-0.4, -0.2) is 16.9 Å². The number of thiazole rings is 1. The minimum Gasteiger partial charge on any atom is -0.349 e. The van der Waals surface area contributed by atoms with Gasteiger partial charge in [0.2, 0.25) is 0 Å². The van der Waals surface area contributed by atoms with Crippen molar-refractivity contribution in [1.29, 1.82) is 0 Å². The molecule has 0 spiro atoms. The second kappa shape index (κ2) is 8.47. The van der Waals surface area contributed by atoms with E-state index in [9.17, 15) is 9.18 Å². The van der Waals surface area contributed by atoms with E-state index in [1.807, 2.05) is 48.5 Å². The van der Waals surface area contributed by atoms with E-state index in [1.54, 1.807) is 6.07 Å². The number of aromatic nitrogens is 1. The highest BCUT2D eigenvalue weighted by Gasteiger charge is 2.17. The molecule has 6 heteroatoms. The molecular formula is C25H22FN3OS. The van der Waals surface area contributed by atoms with E-state index in [2.05, 4.69) is 15.6 Å². The van der Waals surface area contributed by atoms with Gasteiger partial charge in [0.1, 0.15) is 5.82 Å². The smallest absolute Gasteiger partial charge is 0.251 e. The van der Waals surface area contributed by atoms with Gasteiger partial charge in [0.25, 0.3) is 5.91 Å². The molecule has 1 aliphatic carbocycles. The van der Waals surface area contributed by atoms with Crippen LogP contribution in [0.5, 0.6) is 0 Å². The SMILES string of the molecule is O=C(NC1CCCC1)c1ccc(-c2ccc(Nc3nc4ccc(F)cc4s3)cc2)cc1. The average Bonchev–Trinajstić information content (AvgIpc) is 3.43. The maximum Gasteiger partial charge on any atom is 0.251 e. The Hall–Kier alpha value is -3.25. The van der Waals surface area contributed by atoms with E-state index in [0.717, 1.165) is 45.0 Å². The zero-order valence-corrected chi connectivity index (χ0v) is 17.7. The second-order valence-corrected chi connectivity index (χ2v) is 8.90. The summed E-state index contributed by atoms with van der Waals surface area (Å²) in [5.41, 5.74) is 4.51. The first kappa shape index (κ1) is 19.7. The first-order valence-corrected chi connectivity index (χ1v) is 11.3. The molecule has 1 amide bonds. The Labute approximate surface area is 184 Å². The molecule has 1 saturated carbocycles.